The molecule has 2 atom stereocenters. The minimum Gasteiger partial charge on any atom is -0.445 e. The third kappa shape index (κ3) is 3.82. The molecule has 31 heavy (non-hydrogen) atoms. The van der Waals surface area contributed by atoms with Crippen molar-refractivity contribution in [3.05, 3.63) is 59.2 Å². The van der Waals surface area contributed by atoms with E-state index in [-0.39, 0.29) is 17.6 Å². The summed E-state index contributed by atoms with van der Waals surface area (Å²) in [5.74, 6) is -0.377. The van der Waals surface area contributed by atoms with Gasteiger partial charge in [-0.15, -0.1) is 0 Å². The molecule has 164 valence electrons. The molecule has 1 N–H and O–H groups in total. The predicted molar refractivity (Wildman–Crippen MR) is 115 cm³/mol. The van der Waals surface area contributed by atoms with Crippen molar-refractivity contribution in [2.45, 2.75) is 45.3 Å². The van der Waals surface area contributed by atoms with Gasteiger partial charge in [0.2, 0.25) is 0 Å². The Morgan fingerprint density at radius 2 is 1.94 bits per heavy atom. The monoisotopic (exact) mass is 426 g/mol. The highest BCUT2D eigenvalue weighted by Crippen LogP contribution is 2.47. The molecular weight excluding hydrogens is 398 g/mol. The molecule has 3 saturated heterocycles. The largest absolute Gasteiger partial charge is 0.445 e. The highest BCUT2D eigenvalue weighted by atomic mass is 19.1. The first-order valence-corrected chi connectivity index (χ1v) is 11.1. The number of halogens is 2. The number of nitrogens with zero attached hydrogens (tertiary/aromatic N) is 1. The first kappa shape index (κ1) is 20.4. The van der Waals surface area contributed by atoms with Crippen LogP contribution in [-0.4, -0.2) is 36.7 Å². The quantitative estimate of drug-likeness (QED) is 0.745. The zero-order chi connectivity index (χ0) is 21.8. The highest BCUT2D eigenvalue weighted by Gasteiger charge is 2.42. The SMILES string of the molecule is CC1(C)Cc2cc(-c3cccc(F)c3)c(F)cc2C1NC(=O)O[C@@H]1CN2CCC1CC2. The number of nitrogens with one attached hydrogen (secondary N) is 1. The van der Waals surface area contributed by atoms with Crippen LogP contribution in [0.15, 0.2) is 36.4 Å². The smallest absolute Gasteiger partial charge is 0.407 e. The molecule has 6 heteroatoms. The van der Waals surface area contributed by atoms with E-state index in [1.54, 1.807) is 18.2 Å². The van der Waals surface area contributed by atoms with E-state index in [1.807, 2.05) is 0 Å². The van der Waals surface area contributed by atoms with Gasteiger partial charge in [-0.25, -0.2) is 13.6 Å². The fourth-order valence-electron chi connectivity index (χ4n) is 5.55. The van der Waals surface area contributed by atoms with E-state index in [0.717, 1.165) is 43.6 Å². The number of piperidine rings is 3. The van der Waals surface area contributed by atoms with Crippen LogP contribution in [0.25, 0.3) is 11.1 Å². The maximum Gasteiger partial charge on any atom is 0.407 e. The van der Waals surface area contributed by atoms with Crippen molar-refractivity contribution in [1.82, 2.24) is 10.2 Å². The summed E-state index contributed by atoms with van der Waals surface area (Å²) in [5, 5.41) is 3.02. The van der Waals surface area contributed by atoms with Crippen molar-refractivity contribution in [1.29, 1.82) is 0 Å². The standard InChI is InChI=1S/C25H28F2N2O2/c1-25(2)13-17-11-19(16-4-3-5-18(26)10-16)21(27)12-20(17)23(25)28-24(30)31-22-14-29-8-6-15(22)7-9-29/h3-5,10-12,15,22-23H,6-9,13-14H2,1-2H3,(H,28,30)/t22-,23?/m1/s1. The Morgan fingerprint density at radius 3 is 2.61 bits per heavy atom. The lowest BCUT2D eigenvalue weighted by atomic mass is 9.85. The molecule has 0 aromatic heterocycles. The number of amides is 1. The molecule has 4 aliphatic rings. The minimum absolute atomic E-state index is 0.0708. The van der Waals surface area contributed by atoms with Crippen LogP contribution in [0.1, 0.15) is 43.9 Å². The molecule has 2 bridgehead atoms. The molecule has 0 saturated carbocycles. The van der Waals surface area contributed by atoms with Gasteiger partial charge < -0.3 is 10.1 Å². The zero-order valence-electron chi connectivity index (χ0n) is 18.0. The van der Waals surface area contributed by atoms with Crippen LogP contribution < -0.4 is 5.32 Å². The van der Waals surface area contributed by atoms with Crippen molar-refractivity contribution in [3.63, 3.8) is 0 Å². The average molecular weight is 427 g/mol. The molecule has 3 heterocycles. The second-order valence-corrected chi connectivity index (χ2v) is 9.87. The number of hydrogen-bond acceptors (Lipinski definition) is 3. The highest BCUT2D eigenvalue weighted by molar-refractivity contribution is 5.70. The normalized spacial score (nSPS) is 28.3. The lowest BCUT2D eigenvalue weighted by molar-refractivity contribution is -0.0349. The van der Waals surface area contributed by atoms with E-state index < -0.39 is 17.7 Å². The average Bonchev–Trinajstić information content (AvgIpc) is 2.97. The summed E-state index contributed by atoms with van der Waals surface area (Å²) >= 11 is 0. The third-order valence-electron chi connectivity index (χ3n) is 7.22. The second kappa shape index (κ2) is 7.59. The molecule has 3 aliphatic heterocycles. The summed E-state index contributed by atoms with van der Waals surface area (Å²) in [5.41, 5.74) is 2.34. The maximum atomic E-state index is 15.0. The van der Waals surface area contributed by atoms with E-state index in [9.17, 15) is 9.18 Å². The first-order chi connectivity index (χ1) is 14.8. The lowest BCUT2D eigenvalue weighted by Crippen LogP contribution is -2.53. The van der Waals surface area contributed by atoms with Gasteiger partial charge in [0.1, 0.15) is 17.7 Å². The van der Waals surface area contributed by atoms with Gasteiger partial charge in [0.05, 0.1) is 6.04 Å². The predicted octanol–water partition coefficient (Wildman–Crippen LogP) is 5.08. The van der Waals surface area contributed by atoms with E-state index in [2.05, 4.69) is 24.1 Å². The van der Waals surface area contributed by atoms with Crippen LogP contribution in [0.3, 0.4) is 0 Å². The van der Waals surface area contributed by atoms with Crippen LogP contribution in [-0.2, 0) is 11.2 Å². The van der Waals surface area contributed by atoms with Gasteiger partial charge in [-0.2, -0.15) is 0 Å². The molecule has 1 unspecified atom stereocenters. The van der Waals surface area contributed by atoms with Crippen molar-refractivity contribution in [2.24, 2.45) is 11.3 Å². The maximum absolute atomic E-state index is 15.0. The Balaban J connectivity index is 1.37. The number of fused-ring (bicyclic) bond motifs is 4. The Hall–Kier alpha value is -2.47. The Bertz CT molecular complexity index is 1010. The molecule has 1 amide bonds. The topological polar surface area (TPSA) is 41.6 Å². The summed E-state index contributed by atoms with van der Waals surface area (Å²) in [7, 11) is 0. The Morgan fingerprint density at radius 1 is 1.16 bits per heavy atom. The van der Waals surface area contributed by atoms with E-state index >= 15 is 4.39 Å². The van der Waals surface area contributed by atoms with Crippen LogP contribution in [0.4, 0.5) is 13.6 Å². The number of carbonyl (C=O) groups is 1. The number of rotatable bonds is 3. The number of benzene rings is 2. The molecular formula is C25H28F2N2O2. The molecule has 2 aromatic carbocycles. The van der Waals surface area contributed by atoms with Crippen molar-refractivity contribution >= 4 is 6.09 Å². The minimum atomic E-state index is -0.431. The van der Waals surface area contributed by atoms with Gasteiger partial charge in [-0.3, -0.25) is 4.90 Å². The van der Waals surface area contributed by atoms with Crippen LogP contribution in [0.5, 0.6) is 0 Å². The van der Waals surface area contributed by atoms with Gasteiger partial charge in [-0.1, -0.05) is 26.0 Å². The first-order valence-electron chi connectivity index (χ1n) is 11.1. The molecule has 0 radical (unpaired) electrons. The fraction of sp³-hybridized carbons (Fsp3) is 0.480. The second-order valence-electron chi connectivity index (χ2n) is 9.87. The molecule has 4 nitrogen and oxygen atoms in total. The third-order valence-corrected chi connectivity index (χ3v) is 7.22. The van der Waals surface area contributed by atoms with Crippen molar-refractivity contribution < 1.29 is 18.3 Å². The van der Waals surface area contributed by atoms with E-state index in [0.29, 0.717) is 23.5 Å². The van der Waals surface area contributed by atoms with Crippen LogP contribution in [0, 0.1) is 23.0 Å². The zero-order valence-corrected chi connectivity index (χ0v) is 18.0. The fourth-order valence-corrected chi connectivity index (χ4v) is 5.55. The Labute approximate surface area is 181 Å². The van der Waals surface area contributed by atoms with Crippen molar-refractivity contribution in [2.75, 3.05) is 19.6 Å². The molecule has 2 aromatic rings. The van der Waals surface area contributed by atoms with Crippen molar-refractivity contribution in [3.8, 4) is 11.1 Å². The number of alkyl carbamates (subject to hydrolysis) is 1. The van der Waals surface area contributed by atoms with E-state index in [1.165, 1.54) is 18.2 Å². The van der Waals surface area contributed by atoms with Crippen LogP contribution >= 0.6 is 0 Å². The summed E-state index contributed by atoms with van der Waals surface area (Å²) in [6.07, 6.45) is 2.33. The summed E-state index contributed by atoms with van der Waals surface area (Å²) in [6, 6.07) is 8.91. The molecule has 0 spiro atoms. The molecule has 6 rings (SSSR count). The number of hydrogen-bond donors (Lipinski definition) is 1. The number of carbonyl (C=O) groups excluding carboxylic acids is 1. The number of ether oxygens (including phenoxy) is 1. The van der Waals surface area contributed by atoms with Gasteiger partial charge in [0.15, 0.2) is 0 Å². The van der Waals surface area contributed by atoms with Gasteiger partial charge in [0.25, 0.3) is 0 Å². The van der Waals surface area contributed by atoms with E-state index in [4.69, 9.17) is 4.74 Å². The summed E-state index contributed by atoms with van der Waals surface area (Å²) < 4.78 is 34.5. The molecule has 1 aliphatic carbocycles. The lowest BCUT2D eigenvalue weighted by Gasteiger charge is -2.44. The molecule has 3 fully saturated rings. The summed E-state index contributed by atoms with van der Waals surface area (Å²) in [4.78, 5) is 15.1. The van der Waals surface area contributed by atoms with Gasteiger partial charge in [0, 0.05) is 12.1 Å². The summed E-state index contributed by atoms with van der Waals surface area (Å²) in [6.45, 7) is 7.09. The van der Waals surface area contributed by atoms with Gasteiger partial charge >= 0.3 is 6.09 Å². The van der Waals surface area contributed by atoms with Crippen LogP contribution in [0.2, 0.25) is 0 Å². The van der Waals surface area contributed by atoms with Gasteiger partial charge in [-0.05, 0) is 84.6 Å². The Kier molecular flexibility index (Phi) is 5.00.